The second-order valence-corrected chi connectivity index (χ2v) is 5.30. The van der Waals surface area contributed by atoms with Gasteiger partial charge >= 0.3 is 0 Å². The molecule has 0 radical (unpaired) electrons. The molecule has 0 aromatic rings. The highest BCUT2D eigenvalue weighted by Gasteiger charge is 2.48. The van der Waals surface area contributed by atoms with E-state index in [1.807, 2.05) is 0 Å². The molecule has 0 spiro atoms. The molecular formula is C11H19NO. The summed E-state index contributed by atoms with van der Waals surface area (Å²) in [6.07, 6.45) is 7.48. The summed E-state index contributed by atoms with van der Waals surface area (Å²) >= 11 is 0. The largest absolute Gasteiger partial charge is 0.389 e. The van der Waals surface area contributed by atoms with E-state index in [0.717, 1.165) is 37.3 Å². The third-order valence-corrected chi connectivity index (χ3v) is 4.32. The van der Waals surface area contributed by atoms with E-state index in [9.17, 15) is 5.11 Å². The summed E-state index contributed by atoms with van der Waals surface area (Å²) in [5.74, 6) is 2.03. The van der Waals surface area contributed by atoms with E-state index < -0.39 is 0 Å². The van der Waals surface area contributed by atoms with Gasteiger partial charge in [-0.3, -0.25) is 0 Å². The summed E-state index contributed by atoms with van der Waals surface area (Å²) in [5, 5.41) is 13.5. The Kier molecular flexibility index (Phi) is 1.72. The zero-order valence-corrected chi connectivity index (χ0v) is 8.13. The quantitative estimate of drug-likeness (QED) is 0.687. The first kappa shape index (κ1) is 8.25. The highest BCUT2D eigenvalue weighted by Crippen LogP contribution is 2.51. The van der Waals surface area contributed by atoms with Gasteiger partial charge in [-0.05, 0) is 50.4 Å². The van der Waals surface area contributed by atoms with Crippen molar-refractivity contribution in [1.82, 2.24) is 5.32 Å². The topological polar surface area (TPSA) is 32.3 Å². The Hall–Kier alpha value is -0.0800. The van der Waals surface area contributed by atoms with Crippen LogP contribution in [-0.4, -0.2) is 23.3 Å². The van der Waals surface area contributed by atoms with Crippen LogP contribution in [0.5, 0.6) is 0 Å². The Morgan fingerprint density at radius 1 is 1.31 bits per heavy atom. The molecule has 2 heteroatoms. The molecule has 2 nitrogen and oxygen atoms in total. The molecular weight excluding hydrogens is 162 g/mol. The SMILES string of the molecule is OC1(CNC2CC[C@@H]3C[C@H]23)CCC1. The Balaban J connectivity index is 1.47. The molecule has 0 aromatic heterocycles. The summed E-state index contributed by atoms with van der Waals surface area (Å²) in [6.45, 7) is 0.848. The molecule has 0 saturated heterocycles. The van der Waals surface area contributed by atoms with Crippen molar-refractivity contribution >= 4 is 0 Å². The van der Waals surface area contributed by atoms with Gasteiger partial charge in [-0.25, -0.2) is 0 Å². The zero-order valence-electron chi connectivity index (χ0n) is 8.13. The molecule has 0 heterocycles. The number of fused-ring (bicyclic) bond motifs is 1. The predicted molar refractivity (Wildman–Crippen MR) is 51.4 cm³/mol. The summed E-state index contributed by atoms with van der Waals surface area (Å²) in [5.41, 5.74) is -0.326. The van der Waals surface area contributed by atoms with Crippen molar-refractivity contribution in [1.29, 1.82) is 0 Å². The van der Waals surface area contributed by atoms with Gasteiger partial charge in [0.25, 0.3) is 0 Å². The third-order valence-electron chi connectivity index (χ3n) is 4.32. The summed E-state index contributed by atoms with van der Waals surface area (Å²) in [4.78, 5) is 0. The monoisotopic (exact) mass is 181 g/mol. The third kappa shape index (κ3) is 1.40. The molecule has 0 aromatic carbocycles. The minimum absolute atomic E-state index is 0.326. The van der Waals surface area contributed by atoms with Gasteiger partial charge in [0.15, 0.2) is 0 Å². The summed E-state index contributed by atoms with van der Waals surface area (Å²) in [7, 11) is 0. The van der Waals surface area contributed by atoms with E-state index in [0.29, 0.717) is 0 Å². The molecule has 3 saturated carbocycles. The van der Waals surface area contributed by atoms with Crippen molar-refractivity contribution in [3.05, 3.63) is 0 Å². The van der Waals surface area contributed by atoms with Crippen molar-refractivity contribution in [2.75, 3.05) is 6.54 Å². The first-order valence-electron chi connectivity index (χ1n) is 5.73. The molecule has 0 bridgehead atoms. The number of nitrogens with one attached hydrogen (secondary N) is 1. The molecule has 13 heavy (non-hydrogen) atoms. The van der Waals surface area contributed by atoms with Gasteiger partial charge in [-0.1, -0.05) is 0 Å². The fourth-order valence-corrected chi connectivity index (χ4v) is 3.04. The summed E-state index contributed by atoms with van der Waals surface area (Å²) in [6, 6.07) is 0.745. The Labute approximate surface area is 79.7 Å². The minimum Gasteiger partial charge on any atom is -0.389 e. The van der Waals surface area contributed by atoms with Crippen molar-refractivity contribution < 1.29 is 5.11 Å². The van der Waals surface area contributed by atoms with Crippen LogP contribution in [0.4, 0.5) is 0 Å². The van der Waals surface area contributed by atoms with Crippen LogP contribution < -0.4 is 5.32 Å². The first-order valence-corrected chi connectivity index (χ1v) is 5.73. The van der Waals surface area contributed by atoms with Gasteiger partial charge in [0.05, 0.1) is 5.60 Å². The number of hydrogen-bond donors (Lipinski definition) is 2. The fraction of sp³-hybridized carbons (Fsp3) is 1.00. The van der Waals surface area contributed by atoms with E-state index in [2.05, 4.69) is 5.32 Å². The molecule has 2 N–H and O–H groups in total. The maximum Gasteiger partial charge on any atom is 0.0771 e. The molecule has 0 aliphatic heterocycles. The average Bonchev–Trinajstić information content (AvgIpc) is 2.75. The number of rotatable bonds is 3. The smallest absolute Gasteiger partial charge is 0.0771 e. The van der Waals surface area contributed by atoms with Gasteiger partial charge < -0.3 is 10.4 Å². The first-order chi connectivity index (χ1) is 6.27. The van der Waals surface area contributed by atoms with Gasteiger partial charge in [-0.2, -0.15) is 0 Å². The highest BCUT2D eigenvalue weighted by molar-refractivity contribution is 5.02. The van der Waals surface area contributed by atoms with Gasteiger partial charge in [-0.15, -0.1) is 0 Å². The zero-order chi connectivity index (χ0) is 8.89. The van der Waals surface area contributed by atoms with Crippen LogP contribution in [0.3, 0.4) is 0 Å². The van der Waals surface area contributed by atoms with Crippen molar-refractivity contribution in [3.63, 3.8) is 0 Å². The van der Waals surface area contributed by atoms with Crippen LogP contribution in [0, 0.1) is 11.8 Å². The van der Waals surface area contributed by atoms with Crippen LogP contribution in [-0.2, 0) is 0 Å². The van der Waals surface area contributed by atoms with E-state index in [1.54, 1.807) is 0 Å². The van der Waals surface area contributed by atoms with Gasteiger partial charge in [0.2, 0.25) is 0 Å². The molecule has 3 atom stereocenters. The highest BCUT2D eigenvalue weighted by atomic mass is 16.3. The maximum absolute atomic E-state index is 9.91. The minimum atomic E-state index is -0.326. The van der Waals surface area contributed by atoms with Crippen molar-refractivity contribution in [3.8, 4) is 0 Å². The fourth-order valence-electron chi connectivity index (χ4n) is 3.04. The Morgan fingerprint density at radius 3 is 2.62 bits per heavy atom. The lowest BCUT2D eigenvalue weighted by molar-refractivity contribution is -0.0335. The van der Waals surface area contributed by atoms with Crippen LogP contribution >= 0.6 is 0 Å². The van der Waals surface area contributed by atoms with Crippen molar-refractivity contribution in [2.45, 2.75) is 50.2 Å². The lowest BCUT2D eigenvalue weighted by Crippen LogP contribution is -2.49. The van der Waals surface area contributed by atoms with E-state index >= 15 is 0 Å². The normalized spacial score (nSPS) is 45.5. The van der Waals surface area contributed by atoms with E-state index in [-0.39, 0.29) is 5.60 Å². The lowest BCUT2D eigenvalue weighted by Gasteiger charge is -2.37. The number of aliphatic hydroxyl groups is 1. The Morgan fingerprint density at radius 2 is 2.15 bits per heavy atom. The lowest BCUT2D eigenvalue weighted by atomic mass is 9.80. The van der Waals surface area contributed by atoms with E-state index in [1.165, 1.54) is 25.7 Å². The van der Waals surface area contributed by atoms with Gasteiger partial charge in [0, 0.05) is 12.6 Å². The standard InChI is InChI=1S/C11H19NO/c13-11(4-1-5-11)7-12-10-3-2-8-6-9(8)10/h8-10,12-13H,1-7H2/t8-,9+,10?/m1/s1. The Bertz CT molecular complexity index is 212. The average molecular weight is 181 g/mol. The van der Waals surface area contributed by atoms with Crippen LogP contribution in [0.1, 0.15) is 38.5 Å². The van der Waals surface area contributed by atoms with Crippen LogP contribution in [0.25, 0.3) is 0 Å². The summed E-state index contributed by atoms with van der Waals surface area (Å²) < 4.78 is 0. The number of hydrogen-bond acceptors (Lipinski definition) is 2. The van der Waals surface area contributed by atoms with Crippen LogP contribution in [0.2, 0.25) is 0 Å². The molecule has 0 amide bonds. The molecule has 3 rings (SSSR count). The second-order valence-electron chi connectivity index (χ2n) is 5.30. The maximum atomic E-state index is 9.91. The second kappa shape index (κ2) is 2.71. The molecule has 74 valence electrons. The molecule has 3 aliphatic rings. The van der Waals surface area contributed by atoms with Gasteiger partial charge in [0.1, 0.15) is 0 Å². The molecule has 3 fully saturated rings. The predicted octanol–water partition coefficient (Wildman–Crippen LogP) is 1.29. The molecule has 1 unspecified atom stereocenters. The van der Waals surface area contributed by atoms with E-state index in [4.69, 9.17) is 0 Å². The van der Waals surface area contributed by atoms with Crippen LogP contribution in [0.15, 0.2) is 0 Å². The van der Waals surface area contributed by atoms with Crippen molar-refractivity contribution in [2.24, 2.45) is 11.8 Å². The molecule has 3 aliphatic carbocycles.